The summed E-state index contributed by atoms with van der Waals surface area (Å²) in [6, 6.07) is 21.8. The number of hydrogen-bond acceptors (Lipinski definition) is 8. The van der Waals surface area contributed by atoms with Crippen molar-refractivity contribution in [3.63, 3.8) is 0 Å². The van der Waals surface area contributed by atoms with Crippen LogP contribution in [-0.2, 0) is 9.63 Å². The van der Waals surface area contributed by atoms with E-state index in [1.54, 1.807) is 35.2 Å². The Labute approximate surface area is 242 Å². The largest absolute Gasteiger partial charge is 0.286 e. The standard InChI is InChI=1S/C29H21ClN4O4S2/c30-19-12-13-22-23(17-19)39-28(31-22)32-29-33(27(37)24(40-29)16-18-8-2-1-3-9-18)14-6-7-15-38-34-25(35)20-10-4-5-11-21(20)26(34)36/h1-5,8-13,16-17H,6-7,14-15H2/b24-16-,32-29+. The van der Waals surface area contributed by atoms with Crippen molar-refractivity contribution in [3.05, 3.63) is 99.4 Å². The van der Waals surface area contributed by atoms with Crippen LogP contribution in [0.25, 0.3) is 16.3 Å². The number of thioether (sulfide) groups is 1. The highest BCUT2D eigenvalue weighted by molar-refractivity contribution is 8.18. The molecule has 0 bridgehead atoms. The molecule has 3 amide bonds. The number of imide groups is 1. The minimum atomic E-state index is -0.464. The van der Waals surface area contributed by atoms with E-state index in [4.69, 9.17) is 21.4 Å². The van der Waals surface area contributed by atoms with Gasteiger partial charge in [-0.3, -0.25) is 24.1 Å². The van der Waals surface area contributed by atoms with Crippen molar-refractivity contribution in [1.29, 1.82) is 0 Å². The van der Waals surface area contributed by atoms with Crippen LogP contribution < -0.4 is 0 Å². The SMILES string of the molecule is O=C1c2ccccc2C(=O)N1OCCCCN1C(=O)/C(=C/c2ccccc2)S/C1=N/c1nc2ccc(Cl)cc2s1. The number of thiazole rings is 1. The van der Waals surface area contributed by atoms with Gasteiger partial charge in [0.1, 0.15) is 0 Å². The molecule has 3 heterocycles. The summed E-state index contributed by atoms with van der Waals surface area (Å²) in [7, 11) is 0. The van der Waals surface area contributed by atoms with Gasteiger partial charge in [0.15, 0.2) is 5.17 Å². The van der Waals surface area contributed by atoms with Crippen LogP contribution in [0, 0.1) is 0 Å². The molecule has 1 aromatic heterocycles. The Morgan fingerprint density at radius 2 is 1.62 bits per heavy atom. The molecule has 0 aliphatic carbocycles. The van der Waals surface area contributed by atoms with E-state index < -0.39 is 11.8 Å². The molecule has 1 saturated heterocycles. The molecule has 6 rings (SSSR count). The molecule has 1 fully saturated rings. The van der Waals surface area contributed by atoms with Gasteiger partial charge in [0.2, 0.25) is 5.13 Å². The fourth-order valence-electron chi connectivity index (χ4n) is 4.32. The number of halogens is 1. The van der Waals surface area contributed by atoms with E-state index >= 15 is 0 Å². The highest BCUT2D eigenvalue weighted by Crippen LogP contribution is 2.37. The summed E-state index contributed by atoms with van der Waals surface area (Å²) in [5, 5.41) is 2.51. The Morgan fingerprint density at radius 1 is 0.900 bits per heavy atom. The van der Waals surface area contributed by atoms with E-state index in [2.05, 4.69) is 4.98 Å². The number of amidine groups is 1. The fourth-order valence-corrected chi connectivity index (χ4v) is 6.49. The number of carbonyl (C=O) groups is 3. The smallest absolute Gasteiger partial charge is 0.285 e. The third-order valence-corrected chi connectivity index (χ3v) is 8.42. The maximum Gasteiger partial charge on any atom is 0.285 e. The molecule has 11 heteroatoms. The molecule has 0 spiro atoms. The van der Waals surface area contributed by atoms with E-state index in [0.29, 0.717) is 50.7 Å². The number of fused-ring (bicyclic) bond motifs is 2. The average molecular weight is 589 g/mol. The van der Waals surface area contributed by atoms with E-state index in [0.717, 1.165) is 20.8 Å². The summed E-state index contributed by atoms with van der Waals surface area (Å²) in [5.74, 6) is -1.07. The molecule has 3 aromatic carbocycles. The number of nitrogens with zero attached hydrogens (tertiary/aromatic N) is 4. The first-order chi connectivity index (χ1) is 19.5. The Kier molecular flexibility index (Phi) is 7.48. The van der Waals surface area contributed by atoms with Gasteiger partial charge in [0, 0.05) is 11.6 Å². The second-order valence-corrected chi connectivity index (χ2v) is 11.4. The molecule has 8 nitrogen and oxygen atoms in total. The molecule has 200 valence electrons. The summed E-state index contributed by atoms with van der Waals surface area (Å²) >= 11 is 8.84. The molecular formula is C29H21ClN4O4S2. The molecule has 4 aromatic rings. The quantitative estimate of drug-likeness (QED) is 0.131. The van der Waals surface area contributed by atoms with Crippen molar-refractivity contribution in [1.82, 2.24) is 14.9 Å². The number of hydrogen-bond donors (Lipinski definition) is 0. The lowest BCUT2D eigenvalue weighted by molar-refractivity contribution is -0.122. The van der Waals surface area contributed by atoms with Gasteiger partial charge in [0.25, 0.3) is 17.7 Å². The molecule has 0 radical (unpaired) electrons. The van der Waals surface area contributed by atoms with Gasteiger partial charge in [-0.25, -0.2) is 4.98 Å². The monoisotopic (exact) mass is 588 g/mol. The van der Waals surface area contributed by atoms with Crippen LogP contribution >= 0.6 is 34.7 Å². The molecule has 2 aliphatic heterocycles. The summed E-state index contributed by atoms with van der Waals surface area (Å²) < 4.78 is 0.915. The zero-order valence-corrected chi connectivity index (χ0v) is 23.3. The predicted molar refractivity (Wildman–Crippen MR) is 158 cm³/mol. The Hall–Kier alpha value is -3.83. The van der Waals surface area contributed by atoms with Crippen molar-refractivity contribution in [2.45, 2.75) is 12.8 Å². The number of aromatic nitrogens is 1. The molecule has 0 N–H and O–H groups in total. The number of carbonyl (C=O) groups excluding carboxylic acids is 3. The molecule has 0 unspecified atom stereocenters. The summed E-state index contributed by atoms with van der Waals surface area (Å²) in [5.41, 5.74) is 2.38. The zero-order chi connectivity index (χ0) is 27.6. The summed E-state index contributed by atoms with van der Waals surface area (Å²) in [4.78, 5) is 55.5. The van der Waals surface area contributed by atoms with Crippen molar-refractivity contribution in [2.24, 2.45) is 4.99 Å². The molecule has 0 atom stereocenters. The van der Waals surface area contributed by atoms with E-state index in [1.165, 1.54) is 23.1 Å². The van der Waals surface area contributed by atoms with Gasteiger partial charge < -0.3 is 0 Å². The molecule has 0 saturated carbocycles. The number of unbranched alkanes of at least 4 members (excludes halogenated alkanes) is 1. The Morgan fingerprint density at radius 3 is 2.38 bits per heavy atom. The second-order valence-electron chi connectivity index (χ2n) is 8.97. The van der Waals surface area contributed by atoms with Crippen LogP contribution in [0.4, 0.5) is 5.13 Å². The fraction of sp³-hybridized carbons (Fsp3) is 0.138. The van der Waals surface area contributed by atoms with Gasteiger partial charge in [-0.05, 0) is 66.6 Å². The normalized spacial score (nSPS) is 17.2. The highest BCUT2D eigenvalue weighted by Gasteiger charge is 2.37. The molecule has 2 aliphatic rings. The average Bonchev–Trinajstić information content (AvgIpc) is 3.57. The topological polar surface area (TPSA) is 92.2 Å². The lowest BCUT2D eigenvalue weighted by Crippen LogP contribution is -2.32. The van der Waals surface area contributed by atoms with E-state index in [9.17, 15) is 14.4 Å². The van der Waals surface area contributed by atoms with Crippen molar-refractivity contribution in [2.75, 3.05) is 13.2 Å². The first kappa shape index (κ1) is 26.4. The second kappa shape index (κ2) is 11.3. The van der Waals surface area contributed by atoms with Crippen LogP contribution in [0.1, 0.15) is 39.1 Å². The summed E-state index contributed by atoms with van der Waals surface area (Å²) in [6.07, 6.45) is 2.95. The minimum absolute atomic E-state index is 0.141. The van der Waals surface area contributed by atoms with Crippen molar-refractivity contribution in [3.8, 4) is 0 Å². The van der Waals surface area contributed by atoms with E-state index in [1.807, 2.05) is 48.5 Å². The summed E-state index contributed by atoms with van der Waals surface area (Å²) in [6.45, 7) is 0.539. The third-order valence-electron chi connectivity index (χ3n) is 6.27. The van der Waals surface area contributed by atoms with Crippen LogP contribution in [0.2, 0.25) is 5.02 Å². The van der Waals surface area contributed by atoms with Crippen LogP contribution in [0.15, 0.2) is 82.7 Å². The number of hydroxylamine groups is 2. The Balaban J connectivity index is 1.15. The Bertz CT molecular complexity index is 1670. The predicted octanol–water partition coefficient (Wildman–Crippen LogP) is 6.56. The van der Waals surface area contributed by atoms with Gasteiger partial charge in [-0.1, -0.05) is 65.4 Å². The number of rotatable bonds is 8. The van der Waals surface area contributed by atoms with Gasteiger partial charge in [-0.15, -0.1) is 5.06 Å². The maximum atomic E-state index is 13.4. The first-order valence-electron chi connectivity index (χ1n) is 12.5. The van der Waals surface area contributed by atoms with Crippen LogP contribution in [-0.4, -0.2) is 51.0 Å². The van der Waals surface area contributed by atoms with Gasteiger partial charge >= 0.3 is 0 Å². The van der Waals surface area contributed by atoms with Gasteiger partial charge in [0.05, 0.1) is 32.9 Å². The van der Waals surface area contributed by atoms with E-state index in [-0.39, 0.29) is 12.5 Å². The third kappa shape index (κ3) is 5.31. The maximum absolute atomic E-state index is 13.4. The molecular weight excluding hydrogens is 568 g/mol. The van der Waals surface area contributed by atoms with Crippen LogP contribution in [0.5, 0.6) is 0 Å². The van der Waals surface area contributed by atoms with Crippen molar-refractivity contribution < 1.29 is 19.2 Å². The lowest BCUT2D eigenvalue weighted by atomic mass is 10.1. The number of benzene rings is 3. The number of amides is 3. The lowest BCUT2D eigenvalue weighted by Gasteiger charge is -2.16. The highest BCUT2D eigenvalue weighted by atomic mass is 35.5. The minimum Gasteiger partial charge on any atom is -0.286 e. The zero-order valence-electron chi connectivity index (χ0n) is 21.0. The van der Waals surface area contributed by atoms with Crippen molar-refractivity contribution >= 4 is 79.0 Å². The number of aliphatic imine (C=N–C) groups is 1. The van der Waals surface area contributed by atoms with Crippen LogP contribution in [0.3, 0.4) is 0 Å². The first-order valence-corrected chi connectivity index (χ1v) is 14.5. The van der Waals surface area contributed by atoms with Gasteiger partial charge in [-0.2, -0.15) is 4.99 Å². The molecule has 40 heavy (non-hydrogen) atoms.